The first-order valence-electron chi connectivity index (χ1n) is 26.6. The Morgan fingerprint density at radius 3 is 1.69 bits per heavy atom. The lowest BCUT2D eigenvalue weighted by Crippen LogP contribution is -2.55. The molecule has 16 rings (SSSR count). The smallest absolute Gasteiger partial charge is 0.0719 e. The summed E-state index contributed by atoms with van der Waals surface area (Å²) in [5, 5.41) is 0. The zero-order valence-electron chi connectivity index (χ0n) is 40.6. The fourth-order valence-corrected chi connectivity index (χ4v) is 15.8. The van der Waals surface area contributed by atoms with E-state index < -0.39 is 5.41 Å². The van der Waals surface area contributed by atoms with Gasteiger partial charge in [0.1, 0.15) is 0 Å². The van der Waals surface area contributed by atoms with Crippen molar-refractivity contribution in [3.8, 4) is 55.6 Å². The Balaban J connectivity index is 0.945. The Hall–Kier alpha value is -7.92. The van der Waals surface area contributed by atoms with Gasteiger partial charge in [-0.3, -0.25) is 0 Å². The van der Waals surface area contributed by atoms with Gasteiger partial charge in [-0.15, -0.1) is 0 Å². The fourth-order valence-electron chi connectivity index (χ4n) is 15.8. The maximum absolute atomic E-state index is 3.95. The van der Waals surface area contributed by atoms with E-state index in [2.05, 4.69) is 242 Å². The largest absolute Gasteiger partial charge is 0.314 e. The average molecular weight is 922 g/mol. The predicted molar refractivity (Wildman–Crippen MR) is 296 cm³/mol. The highest BCUT2D eigenvalue weighted by Crippen LogP contribution is 2.69. The van der Waals surface area contributed by atoms with Crippen molar-refractivity contribution in [2.24, 2.45) is 23.7 Å². The van der Waals surface area contributed by atoms with Crippen molar-refractivity contribution in [3.63, 3.8) is 0 Å². The molecule has 0 aliphatic heterocycles. The summed E-state index contributed by atoms with van der Waals surface area (Å²) in [6, 6.07) is 85.9. The molecule has 344 valence electrons. The molecule has 0 N–H and O–H groups in total. The molecule has 0 aromatic heterocycles. The van der Waals surface area contributed by atoms with Crippen molar-refractivity contribution in [2.45, 2.75) is 55.8 Å². The minimum atomic E-state index is -0.525. The van der Waals surface area contributed by atoms with Crippen molar-refractivity contribution in [3.05, 3.63) is 276 Å². The maximum Gasteiger partial charge on any atom is 0.0719 e. The van der Waals surface area contributed by atoms with Gasteiger partial charge in [0.25, 0.3) is 0 Å². The molecule has 0 amide bonds. The predicted octanol–water partition coefficient (Wildman–Crippen LogP) is 17.7. The van der Waals surface area contributed by atoms with Crippen molar-refractivity contribution >= 4 is 11.4 Å². The molecule has 0 atom stereocenters. The molecule has 72 heavy (non-hydrogen) atoms. The van der Waals surface area contributed by atoms with E-state index in [0.29, 0.717) is 11.8 Å². The third kappa shape index (κ3) is 5.96. The lowest BCUT2D eigenvalue weighted by molar-refractivity contribution is -0.0399. The van der Waals surface area contributed by atoms with Crippen LogP contribution in [0.15, 0.2) is 230 Å². The number of benzene rings is 8. The van der Waals surface area contributed by atoms with Gasteiger partial charge in [-0.05, 0) is 171 Å². The van der Waals surface area contributed by atoms with E-state index in [9.17, 15) is 0 Å². The topological polar surface area (TPSA) is 3.24 Å². The molecular weight excluding hydrogens is 867 g/mol. The highest BCUT2D eigenvalue weighted by molar-refractivity contribution is 5.97. The minimum Gasteiger partial charge on any atom is -0.314 e. The van der Waals surface area contributed by atoms with Crippen LogP contribution in [0, 0.1) is 35.8 Å². The second-order valence-corrected chi connectivity index (χ2v) is 21.6. The molecule has 0 unspecified atom stereocenters. The molecule has 9 aromatic rings. The standard InChI is InChI=1S/C71H55N/c1-4-20-49(21-5-1)58-32-19-37-68(69(58)51-38-39-62-61-31-11-15-34-64(61)70(67(62)46-51)53-41-47-40-48(43-53)44-54(70)42-47)72(55-25-8-3-9-26-55)56-27-18-22-50(45-56)57-28-10-14-33-63(57)71(52-23-6-2-7-24-52)65-35-16-12-29-59(65)60-30-13-17-36-66(60)71/h1-8,10-25,27-37,45-48,53-54H,9,26,40-44H2. The van der Waals surface area contributed by atoms with Crippen LogP contribution in [0.2, 0.25) is 0 Å². The van der Waals surface area contributed by atoms with E-state index in [1.165, 1.54) is 121 Å². The van der Waals surface area contributed by atoms with Crippen molar-refractivity contribution in [1.29, 1.82) is 0 Å². The molecule has 4 fully saturated rings. The van der Waals surface area contributed by atoms with Gasteiger partial charge in [-0.2, -0.15) is 0 Å². The number of hydrogen-bond donors (Lipinski definition) is 0. The lowest BCUT2D eigenvalue weighted by Gasteiger charge is -2.61. The third-order valence-corrected chi connectivity index (χ3v) is 18.2. The van der Waals surface area contributed by atoms with E-state index in [1.54, 1.807) is 5.56 Å². The molecule has 7 aliphatic rings. The number of rotatable bonds is 8. The number of nitrogens with zero attached hydrogens (tertiary/aromatic N) is 1. The SMILES string of the molecule is c1c(-c2c(-c3ccccc3)cccc2N(C2=CC=CCC2)c2cccc(-c3ccccc3C3(c4ccccc4)c4ccccc4-c4ccccc43)c2)cc2c(c#1)-c1ccccc1C21C2CC3CC(C2)CC1C3. The van der Waals surface area contributed by atoms with E-state index in [4.69, 9.17) is 0 Å². The number of anilines is 2. The Labute approximate surface area is 424 Å². The van der Waals surface area contributed by atoms with Crippen LogP contribution < -0.4 is 4.90 Å². The first-order chi connectivity index (χ1) is 35.7. The first-order valence-corrected chi connectivity index (χ1v) is 26.6. The lowest BCUT2D eigenvalue weighted by atomic mass is 9.43. The van der Waals surface area contributed by atoms with Crippen LogP contribution in [-0.2, 0) is 10.8 Å². The van der Waals surface area contributed by atoms with Crippen LogP contribution in [0.25, 0.3) is 55.6 Å². The molecule has 0 heterocycles. The molecule has 0 radical (unpaired) electrons. The highest BCUT2D eigenvalue weighted by Gasteiger charge is 2.61. The van der Waals surface area contributed by atoms with Crippen LogP contribution >= 0.6 is 0 Å². The van der Waals surface area contributed by atoms with Crippen molar-refractivity contribution in [1.82, 2.24) is 0 Å². The second kappa shape index (κ2) is 16.3. The second-order valence-electron chi connectivity index (χ2n) is 21.6. The monoisotopic (exact) mass is 921 g/mol. The minimum absolute atomic E-state index is 0.0249. The van der Waals surface area contributed by atoms with Gasteiger partial charge >= 0.3 is 0 Å². The van der Waals surface area contributed by atoms with Gasteiger partial charge in [0.15, 0.2) is 0 Å². The molecule has 1 spiro atoms. The van der Waals surface area contributed by atoms with E-state index in [-0.39, 0.29) is 5.41 Å². The van der Waals surface area contributed by atoms with Gasteiger partial charge in [-0.1, -0.05) is 206 Å². The van der Waals surface area contributed by atoms with Crippen molar-refractivity contribution in [2.75, 3.05) is 4.90 Å². The van der Waals surface area contributed by atoms with Gasteiger partial charge in [0, 0.05) is 33.5 Å². The Bertz CT molecular complexity index is 3590. The maximum atomic E-state index is 3.95. The van der Waals surface area contributed by atoms with E-state index in [0.717, 1.165) is 35.9 Å². The van der Waals surface area contributed by atoms with Crippen molar-refractivity contribution < 1.29 is 0 Å². The molecular formula is C71H55N. The summed E-state index contributed by atoms with van der Waals surface area (Å²) in [6.07, 6.45) is 15.7. The Morgan fingerprint density at radius 1 is 0.444 bits per heavy atom. The first kappa shape index (κ1) is 41.8. The number of fused-ring (bicyclic) bond motifs is 6. The van der Waals surface area contributed by atoms with Crippen LogP contribution in [0.3, 0.4) is 0 Å². The molecule has 1 nitrogen and oxygen atoms in total. The van der Waals surface area contributed by atoms with Crippen LogP contribution in [0.4, 0.5) is 11.4 Å². The Kier molecular flexibility index (Phi) is 9.48. The van der Waals surface area contributed by atoms with E-state index in [1.807, 2.05) is 0 Å². The Morgan fingerprint density at radius 2 is 1.01 bits per heavy atom. The summed E-state index contributed by atoms with van der Waals surface area (Å²) < 4.78 is 0. The molecule has 4 bridgehead atoms. The molecule has 7 aliphatic carbocycles. The number of allylic oxidation sites excluding steroid dienone is 4. The van der Waals surface area contributed by atoms with Gasteiger partial charge in [-0.25, -0.2) is 0 Å². The molecule has 4 saturated carbocycles. The number of hydrogen-bond acceptors (Lipinski definition) is 1. The van der Waals surface area contributed by atoms with Crippen LogP contribution in [-0.4, -0.2) is 0 Å². The molecule has 9 aromatic carbocycles. The highest BCUT2D eigenvalue weighted by atomic mass is 15.2. The molecule has 0 saturated heterocycles. The summed E-state index contributed by atoms with van der Waals surface area (Å²) >= 11 is 0. The van der Waals surface area contributed by atoms with Gasteiger partial charge < -0.3 is 4.90 Å². The zero-order chi connectivity index (χ0) is 47.4. The average Bonchev–Trinajstić information content (AvgIpc) is 3.91. The summed E-state index contributed by atoms with van der Waals surface area (Å²) in [7, 11) is 0. The molecule has 1 heteroatoms. The van der Waals surface area contributed by atoms with Gasteiger partial charge in [0.05, 0.1) is 11.1 Å². The van der Waals surface area contributed by atoms with Crippen LogP contribution in [0.5, 0.6) is 0 Å². The summed E-state index contributed by atoms with van der Waals surface area (Å²) in [6.45, 7) is 0. The quantitative estimate of drug-likeness (QED) is 0.147. The summed E-state index contributed by atoms with van der Waals surface area (Å²) in [4.78, 5) is 2.58. The summed E-state index contributed by atoms with van der Waals surface area (Å²) in [5.41, 5.74) is 23.8. The normalized spacial score (nSPS) is 22.1. The zero-order valence-corrected chi connectivity index (χ0v) is 40.6. The third-order valence-electron chi connectivity index (χ3n) is 18.2. The van der Waals surface area contributed by atoms with Crippen LogP contribution in [0.1, 0.15) is 78.3 Å². The van der Waals surface area contributed by atoms with Gasteiger partial charge in [0.2, 0.25) is 0 Å². The fraction of sp³-hybridized carbons (Fsp3) is 0.183. The summed E-state index contributed by atoms with van der Waals surface area (Å²) in [5.74, 6) is 3.08. The van der Waals surface area contributed by atoms with E-state index >= 15 is 0 Å².